The molecule has 0 atom stereocenters. The molecule has 1 aliphatic rings. The molecule has 172 valence electrons. The average Bonchev–Trinajstić information content (AvgIpc) is 2.82. The Morgan fingerprint density at radius 2 is 1.78 bits per heavy atom. The maximum Gasteiger partial charge on any atom is 0.410 e. The molecule has 1 saturated heterocycles. The fourth-order valence-electron chi connectivity index (χ4n) is 3.50. The number of carbonyl (C=O) groups excluding carboxylic acids is 2. The topological polar surface area (TPSA) is 77.1 Å². The molecule has 1 fully saturated rings. The first kappa shape index (κ1) is 23.4. The Morgan fingerprint density at radius 1 is 1.06 bits per heavy atom. The number of likely N-dealkylation sites (tertiary alicyclic amines) is 1. The van der Waals surface area contributed by atoms with Crippen molar-refractivity contribution < 1.29 is 23.8 Å². The van der Waals surface area contributed by atoms with Gasteiger partial charge in [-0.3, -0.25) is 4.79 Å². The Morgan fingerprint density at radius 3 is 2.44 bits per heavy atom. The highest BCUT2D eigenvalue weighted by Gasteiger charge is 2.28. The summed E-state index contributed by atoms with van der Waals surface area (Å²) in [6.07, 6.45) is 0.855. The Hall–Kier alpha value is -3.22. The molecule has 32 heavy (non-hydrogen) atoms. The van der Waals surface area contributed by atoms with Crippen molar-refractivity contribution in [2.45, 2.75) is 33.3 Å². The third-order valence-corrected chi connectivity index (χ3v) is 5.33. The van der Waals surface area contributed by atoms with E-state index in [4.69, 9.17) is 14.2 Å². The van der Waals surface area contributed by atoms with E-state index in [-0.39, 0.29) is 24.5 Å². The van der Waals surface area contributed by atoms with Crippen molar-refractivity contribution in [1.82, 2.24) is 4.90 Å². The number of nitrogens with zero attached hydrogens (tertiary/aromatic N) is 1. The third-order valence-electron chi connectivity index (χ3n) is 5.33. The highest BCUT2D eigenvalue weighted by atomic mass is 16.6. The van der Waals surface area contributed by atoms with Crippen molar-refractivity contribution in [2.75, 3.05) is 32.1 Å². The van der Waals surface area contributed by atoms with Crippen LogP contribution in [0.4, 0.5) is 10.5 Å². The standard InChI is InChI=1S/C25H32N2O5/c1-18(2)16-31-23-15-21(9-10-22(23)30-3)26-24(28)20-11-13-27(14-12-20)25(29)32-17-19-7-5-4-6-8-19/h4-10,15,18,20H,11-14,16-17H2,1-3H3,(H,26,28). The maximum absolute atomic E-state index is 12.8. The fourth-order valence-corrected chi connectivity index (χ4v) is 3.50. The van der Waals surface area contributed by atoms with Gasteiger partial charge < -0.3 is 24.4 Å². The maximum atomic E-state index is 12.8. The van der Waals surface area contributed by atoms with Gasteiger partial charge in [-0.15, -0.1) is 0 Å². The SMILES string of the molecule is COc1ccc(NC(=O)C2CCN(C(=O)OCc3ccccc3)CC2)cc1OCC(C)C. The van der Waals surface area contributed by atoms with E-state index >= 15 is 0 Å². The van der Waals surface area contributed by atoms with Gasteiger partial charge >= 0.3 is 6.09 Å². The summed E-state index contributed by atoms with van der Waals surface area (Å²) in [4.78, 5) is 26.8. The van der Waals surface area contributed by atoms with Crippen LogP contribution in [-0.2, 0) is 16.1 Å². The van der Waals surface area contributed by atoms with Crippen LogP contribution in [0.25, 0.3) is 0 Å². The number of rotatable bonds is 8. The predicted octanol–water partition coefficient (Wildman–Crippen LogP) is 4.72. The van der Waals surface area contributed by atoms with Gasteiger partial charge in [0.1, 0.15) is 6.61 Å². The minimum Gasteiger partial charge on any atom is -0.493 e. The van der Waals surface area contributed by atoms with E-state index in [2.05, 4.69) is 19.2 Å². The Labute approximate surface area is 189 Å². The molecule has 0 bridgehead atoms. The number of amides is 2. The summed E-state index contributed by atoms with van der Waals surface area (Å²) in [5, 5.41) is 2.97. The van der Waals surface area contributed by atoms with Gasteiger partial charge in [-0.25, -0.2) is 4.79 Å². The monoisotopic (exact) mass is 440 g/mol. The molecular weight excluding hydrogens is 408 g/mol. The summed E-state index contributed by atoms with van der Waals surface area (Å²) < 4.78 is 16.6. The van der Waals surface area contributed by atoms with Crippen LogP contribution in [0.15, 0.2) is 48.5 Å². The zero-order valence-electron chi connectivity index (χ0n) is 19.0. The van der Waals surface area contributed by atoms with Gasteiger partial charge in [-0.05, 0) is 36.5 Å². The van der Waals surface area contributed by atoms with Gasteiger partial charge in [0.05, 0.1) is 13.7 Å². The van der Waals surface area contributed by atoms with E-state index in [1.807, 2.05) is 30.3 Å². The second kappa shape index (κ2) is 11.4. The fraction of sp³-hybridized carbons (Fsp3) is 0.440. The molecule has 2 aromatic carbocycles. The van der Waals surface area contributed by atoms with Crippen LogP contribution < -0.4 is 14.8 Å². The molecule has 0 saturated carbocycles. The second-order valence-electron chi connectivity index (χ2n) is 8.36. The predicted molar refractivity (Wildman–Crippen MR) is 123 cm³/mol. The number of ether oxygens (including phenoxy) is 3. The Balaban J connectivity index is 1.48. The molecule has 0 unspecified atom stereocenters. The van der Waals surface area contributed by atoms with E-state index in [0.29, 0.717) is 55.6 Å². The molecule has 7 heteroatoms. The molecule has 2 aromatic rings. The molecule has 3 rings (SSSR count). The lowest BCUT2D eigenvalue weighted by atomic mass is 9.96. The molecule has 1 aliphatic heterocycles. The quantitative estimate of drug-likeness (QED) is 0.643. The number of hydrogen-bond donors (Lipinski definition) is 1. The van der Waals surface area contributed by atoms with Crippen LogP contribution in [-0.4, -0.2) is 43.7 Å². The lowest BCUT2D eigenvalue weighted by Gasteiger charge is -2.30. The number of methoxy groups -OCH3 is 1. The lowest BCUT2D eigenvalue weighted by molar-refractivity contribution is -0.121. The zero-order chi connectivity index (χ0) is 22.9. The van der Waals surface area contributed by atoms with E-state index in [9.17, 15) is 9.59 Å². The van der Waals surface area contributed by atoms with Crippen molar-refractivity contribution in [3.8, 4) is 11.5 Å². The van der Waals surface area contributed by atoms with Crippen molar-refractivity contribution in [2.24, 2.45) is 11.8 Å². The number of benzene rings is 2. The zero-order valence-corrected chi connectivity index (χ0v) is 19.0. The molecular formula is C25H32N2O5. The van der Waals surface area contributed by atoms with Gasteiger partial charge in [0, 0.05) is 30.8 Å². The molecule has 2 amide bonds. The number of anilines is 1. The molecule has 0 radical (unpaired) electrons. The Kier molecular flexibility index (Phi) is 8.36. The van der Waals surface area contributed by atoms with E-state index in [0.717, 1.165) is 5.56 Å². The number of carbonyl (C=O) groups is 2. The molecule has 1 heterocycles. The molecule has 0 spiro atoms. The summed E-state index contributed by atoms with van der Waals surface area (Å²) in [7, 11) is 1.59. The van der Waals surface area contributed by atoms with Crippen molar-refractivity contribution in [3.05, 3.63) is 54.1 Å². The second-order valence-corrected chi connectivity index (χ2v) is 8.36. The molecule has 0 aromatic heterocycles. The van der Waals surface area contributed by atoms with Crippen LogP contribution in [0.5, 0.6) is 11.5 Å². The summed E-state index contributed by atoms with van der Waals surface area (Å²) in [5.41, 5.74) is 1.62. The van der Waals surface area contributed by atoms with Crippen LogP contribution in [0, 0.1) is 11.8 Å². The van der Waals surface area contributed by atoms with Gasteiger partial charge in [0.2, 0.25) is 5.91 Å². The van der Waals surface area contributed by atoms with Gasteiger partial charge in [-0.1, -0.05) is 44.2 Å². The third kappa shape index (κ3) is 6.64. The van der Waals surface area contributed by atoms with Gasteiger partial charge in [0.25, 0.3) is 0 Å². The number of hydrogen-bond acceptors (Lipinski definition) is 5. The van der Waals surface area contributed by atoms with Gasteiger partial charge in [0.15, 0.2) is 11.5 Å². The van der Waals surface area contributed by atoms with E-state index < -0.39 is 0 Å². The number of piperidine rings is 1. The van der Waals surface area contributed by atoms with Crippen molar-refractivity contribution in [3.63, 3.8) is 0 Å². The average molecular weight is 441 g/mol. The summed E-state index contributed by atoms with van der Waals surface area (Å²) in [6, 6.07) is 15.0. The number of nitrogens with one attached hydrogen (secondary N) is 1. The van der Waals surface area contributed by atoms with Crippen LogP contribution in [0.1, 0.15) is 32.3 Å². The highest BCUT2D eigenvalue weighted by Crippen LogP contribution is 2.31. The lowest BCUT2D eigenvalue weighted by Crippen LogP contribution is -2.41. The van der Waals surface area contributed by atoms with E-state index in [1.54, 1.807) is 30.2 Å². The smallest absolute Gasteiger partial charge is 0.410 e. The first-order valence-corrected chi connectivity index (χ1v) is 11.0. The summed E-state index contributed by atoms with van der Waals surface area (Å²) >= 11 is 0. The first-order chi connectivity index (χ1) is 15.5. The summed E-state index contributed by atoms with van der Waals surface area (Å²) in [6.45, 7) is 5.95. The highest BCUT2D eigenvalue weighted by molar-refractivity contribution is 5.93. The van der Waals surface area contributed by atoms with Crippen LogP contribution in [0.2, 0.25) is 0 Å². The largest absolute Gasteiger partial charge is 0.493 e. The normalized spacial score (nSPS) is 14.2. The summed E-state index contributed by atoms with van der Waals surface area (Å²) in [5.74, 6) is 1.40. The van der Waals surface area contributed by atoms with Crippen LogP contribution >= 0.6 is 0 Å². The minimum atomic E-state index is -0.338. The van der Waals surface area contributed by atoms with E-state index in [1.165, 1.54) is 0 Å². The minimum absolute atomic E-state index is 0.0534. The van der Waals surface area contributed by atoms with Crippen LogP contribution in [0.3, 0.4) is 0 Å². The molecule has 1 N–H and O–H groups in total. The van der Waals surface area contributed by atoms with Crippen molar-refractivity contribution >= 4 is 17.7 Å². The first-order valence-electron chi connectivity index (χ1n) is 11.0. The van der Waals surface area contributed by atoms with Crippen molar-refractivity contribution in [1.29, 1.82) is 0 Å². The molecule has 0 aliphatic carbocycles. The van der Waals surface area contributed by atoms with Gasteiger partial charge in [-0.2, -0.15) is 0 Å². The molecule has 7 nitrogen and oxygen atoms in total. The Bertz CT molecular complexity index is 892.